The number of amides is 1. The third-order valence-electron chi connectivity index (χ3n) is 2.51. The van der Waals surface area contributed by atoms with Crippen molar-refractivity contribution in [3.8, 4) is 0 Å². The van der Waals surface area contributed by atoms with Gasteiger partial charge in [0.05, 0.1) is 11.0 Å². The molecule has 74 valence electrons. The number of rotatable bonds is 1. The highest BCUT2D eigenvalue weighted by molar-refractivity contribution is 6.06. The molecule has 0 aromatic carbocycles. The van der Waals surface area contributed by atoms with Gasteiger partial charge in [0.1, 0.15) is 18.0 Å². The summed E-state index contributed by atoms with van der Waals surface area (Å²) in [4.78, 5) is 19.7. The van der Waals surface area contributed by atoms with Crippen LogP contribution in [0.4, 0.5) is 11.6 Å². The maximum atomic E-state index is 11.6. The Hall–Kier alpha value is -1.65. The SMILES string of the molecule is CNc1ncnc2c1C(C)(C)C(=O)N2. The summed E-state index contributed by atoms with van der Waals surface area (Å²) in [5.74, 6) is 1.28. The van der Waals surface area contributed by atoms with Crippen molar-refractivity contribution in [2.75, 3.05) is 17.7 Å². The minimum absolute atomic E-state index is 0.0375. The first kappa shape index (κ1) is 8.93. The Balaban J connectivity index is 2.66. The minimum atomic E-state index is -0.561. The number of hydrogen-bond acceptors (Lipinski definition) is 4. The van der Waals surface area contributed by atoms with Crippen molar-refractivity contribution in [3.63, 3.8) is 0 Å². The van der Waals surface area contributed by atoms with E-state index in [0.29, 0.717) is 11.6 Å². The molecule has 1 aliphatic heterocycles. The van der Waals surface area contributed by atoms with Crippen molar-refractivity contribution >= 4 is 17.5 Å². The van der Waals surface area contributed by atoms with E-state index in [1.165, 1.54) is 6.33 Å². The van der Waals surface area contributed by atoms with E-state index >= 15 is 0 Å². The molecule has 2 N–H and O–H groups in total. The number of fused-ring (bicyclic) bond motifs is 1. The number of hydrogen-bond donors (Lipinski definition) is 2. The number of carbonyl (C=O) groups is 1. The second-order valence-corrected chi connectivity index (χ2v) is 3.78. The third kappa shape index (κ3) is 0.982. The first-order chi connectivity index (χ1) is 6.57. The molecule has 2 rings (SSSR count). The molecule has 5 heteroatoms. The van der Waals surface area contributed by atoms with Gasteiger partial charge in [0, 0.05) is 7.05 Å². The van der Waals surface area contributed by atoms with Crippen molar-refractivity contribution in [3.05, 3.63) is 11.9 Å². The van der Waals surface area contributed by atoms with E-state index in [1.807, 2.05) is 13.8 Å². The van der Waals surface area contributed by atoms with Crippen LogP contribution >= 0.6 is 0 Å². The van der Waals surface area contributed by atoms with E-state index in [1.54, 1.807) is 7.05 Å². The second-order valence-electron chi connectivity index (χ2n) is 3.78. The molecule has 5 nitrogen and oxygen atoms in total. The summed E-state index contributed by atoms with van der Waals surface area (Å²) < 4.78 is 0. The normalized spacial score (nSPS) is 17.5. The summed E-state index contributed by atoms with van der Waals surface area (Å²) in [6.45, 7) is 3.72. The van der Waals surface area contributed by atoms with Crippen molar-refractivity contribution in [1.29, 1.82) is 0 Å². The number of aromatic nitrogens is 2. The molecule has 2 heterocycles. The Morgan fingerprint density at radius 2 is 2.14 bits per heavy atom. The molecular formula is C9H12N4O. The van der Waals surface area contributed by atoms with Crippen LogP contribution in [0.5, 0.6) is 0 Å². The molecule has 1 aromatic rings. The quantitative estimate of drug-likeness (QED) is 0.689. The molecule has 0 radical (unpaired) electrons. The summed E-state index contributed by atoms with van der Waals surface area (Å²) in [6, 6.07) is 0. The highest BCUT2D eigenvalue weighted by atomic mass is 16.2. The van der Waals surface area contributed by atoms with E-state index in [2.05, 4.69) is 20.6 Å². The van der Waals surface area contributed by atoms with Crippen LogP contribution in [0.1, 0.15) is 19.4 Å². The lowest BCUT2D eigenvalue weighted by atomic mass is 9.87. The molecule has 1 aromatic heterocycles. The molecule has 1 amide bonds. The molecule has 0 fully saturated rings. The standard InChI is InChI=1S/C9H12N4O/c1-9(2)5-6(10-3)11-4-12-7(5)13-8(9)14/h4H,1-3H3,(H2,10,11,12,13,14). The van der Waals surface area contributed by atoms with Gasteiger partial charge in [0.25, 0.3) is 0 Å². The van der Waals surface area contributed by atoms with Gasteiger partial charge in [0.15, 0.2) is 0 Å². The fraction of sp³-hybridized carbons (Fsp3) is 0.444. The Bertz CT molecular complexity index is 400. The van der Waals surface area contributed by atoms with Gasteiger partial charge in [-0.2, -0.15) is 0 Å². The Morgan fingerprint density at radius 1 is 1.43 bits per heavy atom. The van der Waals surface area contributed by atoms with Crippen LogP contribution in [0.25, 0.3) is 0 Å². The predicted molar refractivity (Wildman–Crippen MR) is 53.2 cm³/mol. The monoisotopic (exact) mass is 192 g/mol. The summed E-state index contributed by atoms with van der Waals surface area (Å²) in [5.41, 5.74) is 0.280. The Labute approximate surface area is 82.0 Å². The maximum Gasteiger partial charge on any atom is 0.235 e. The predicted octanol–water partition coefficient (Wildman–Crippen LogP) is 0.748. The largest absolute Gasteiger partial charge is 0.373 e. The zero-order chi connectivity index (χ0) is 10.3. The highest BCUT2D eigenvalue weighted by Gasteiger charge is 2.41. The number of anilines is 2. The number of nitrogens with zero attached hydrogens (tertiary/aromatic N) is 2. The van der Waals surface area contributed by atoms with Gasteiger partial charge < -0.3 is 10.6 Å². The fourth-order valence-electron chi connectivity index (χ4n) is 1.64. The minimum Gasteiger partial charge on any atom is -0.373 e. The fourth-order valence-corrected chi connectivity index (χ4v) is 1.64. The van der Waals surface area contributed by atoms with Gasteiger partial charge in [-0.15, -0.1) is 0 Å². The number of nitrogens with one attached hydrogen (secondary N) is 2. The van der Waals surface area contributed by atoms with Crippen LogP contribution in [-0.2, 0) is 10.2 Å². The van der Waals surface area contributed by atoms with Gasteiger partial charge in [-0.25, -0.2) is 9.97 Å². The van der Waals surface area contributed by atoms with Crippen LogP contribution in [0, 0.1) is 0 Å². The van der Waals surface area contributed by atoms with Crippen LogP contribution < -0.4 is 10.6 Å². The summed E-state index contributed by atoms with van der Waals surface area (Å²) in [7, 11) is 1.78. The Kier molecular flexibility index (Phi) is 1.70. The number of carbonyl (C=O) groups excluding carboxylic acids is 1. The molecule has 0 saturated carbocycles. The zero-order valence-electron chi connectivity index (χ0n) is 8.38. The summed E-state index contributed by atoms with van der Waals surface area (Å²) >= 11 is 0. The Morgan fingerprint density at radius 3 is 2.79 bits per heavy atom. The first-order valence-electron chi connectivity index (χ1n) is 4.42. The lowest BCUT2D eigenvalue weighted by Gasteiger charge is -2.16. The van der Waals surface area contributed by atoms with Crippen molar-refractivity contribution < 1.29 is 4.79 Å². The van der Waals surface area contributed by atoms with Gasteiger partial charge >= 0.3 is 0 Å². The maximum absolute atomic E-state index is 11.6. The van der Waals surface area contributed by atoms with Crippen molar-refractivity contribution in [1.82, 2.24) is 9.97 Å². The highest BCUT2D eigenvalue weighted by Crippen LogP contribution is 2.39. The van der Waals surface area contributed by atoms with Crippen LogP contribution in [0.15, 0.2) is 6.33 Å². The third-order valence-corrected chi connectivity index (χ3v) is 2.51. The van der Waals surface area contributed by atoms with Gasteiger partial charge in [-0.3, -0.25) is 4.79 Å². The molecule has 0 unspecified atom stereocenters. The summed E-state index contributed by atoms with van der Waals surface area (Å²) in [6.07, 6.45) is 1.44. The van der Waals surface area contributed by atoms with E-state index < -0.39 is 5.41 Å². The summed E-state index contributed by atoms with van der Waals surface area (Å²) in [5, 5.41) is 5.69. The lowest BCUT2D eigenvalue weighted by Crippen LogP contribution is -2.27. The molecule has 0 atom stereocenters. The molecule has 14 heavy (non-hydrogen) atoms. The molecule has 1 aliphatic rings. The molecular weight excluding hydrogens is 180 g/mol. The van der Waals surface area contributed by atoms with Gasteiger partial charge in [-0.1, -0.05) is 0 Å². The van der Waals surface area contributed by atoms with E-state index in [9.17, 15) is 4.79 Å². The molecule has 0 aliphatic carbocycles. The zero-order valence-corrected chi connectivity index (χ0v) is 8.38. The van der Waals surface area contributed by atoms with Gasteiger partial charge in [0.2, 0.25) is 5.91 Å². The van der Waals surface area contributed by atoms with E-state index in [4.69, 9.17) is 0 Å². The first-order valence-corrected chi connectivity index (χ1v) is 4.42. The smallest absolute Gasteiger partial charge is 0.235 e. The van der Waals surface area contributed by atoms with Crippen LogP contribution in [-0.4, -0.2) is 22.9 Å². The molecule has 0 saturated heterocycles. The van der Waals surface area contributed by atoms with Crippen LogP contribution in [0.3, 0.4) is 0 Å². The van der Waals surface area contributed by atoms with Gasteiger partial charge in [-0.05, 0) is 13.8 Å². The van der Waals surface area contributed by atoms with E-state index in [0.717, 1.165) is 5.56 Å². The van der Waals surface area contributed by atoms with Crippen molar-refractivity contribution in [2.45, 2.75) is 19.3 Å². The van der Waals surface area contributed by atoms with Crippen molar-refractivity contribution in [2.24, 2.45) is 0 Å². The van der Waals surface area contributed by atoms with Crippen LogP contribution in [0.2, 0.25) is 0 Å². The van der Waals surface area contributed by atoms with E-state index in [-0.39, 0.29) is 5.91 Å². The second kappa shape index (κ2) is 2.67. The topological polar surface area (TPSA) is 66.9 Å². The lowest BCUT2D eigenvalue weighted by molar-refractivity contribution is -0.119. The average Bonchev–Trinajstić information content (AvgIpc) is 2.38. The molecule has 0 bridgehead atoms. The average molecular weight is 192 g/mol. The molecule has 0 spiro atoms.